The largest absolute Gasteiger partial charge is 0.508 e. The van der Waals surface area contributed by atoms with E-state index in [1.54, 1.807) is 18.2 Å². The van der Waals surface area contributed by atoms with E-state index >= 15 is 0 Å². The summed E-state index contributed by atoms with van der Waals surface area (Å²) < 4.78 is 13.4. The summed E-state index contributed by atoms with van der Waals surface area (Å²) in [6.45, 7) is 0.0531. The van der Waals surface area contributed by atoms with E-state index in [0.29, 0.717) is 5.56 Å². The fraction of sp³-hybridized carbons (Fsp3) is 0.0714. The van der Waals surface area contributed by atoms with Crippen molar-refractivity contribution in [1.82, 2.24) is 5.32 Å². The molecule has 0 aliphatic rings. The van der Waals surface area contributed by atoms with Gasteiger partial charge in [-0.05, 0) is 24.3 Å². The van der Waals surface area contributed by atoms with Crippen molar-refractivity contribution in [2.75, 3.05) is 0 Å². The van der Waals surface area contributed by atoms with Crippen molar-refractivity contribution in [2.24, 2.45) is 0 Å². The molecule has 0 saturated heterocycles. The average Bonchev–Trinajstić information content (AvgIpc) is 2.40. The summed E-state index contributed by atoms with van der Waals surface area (Å²) in [7, 11) is 0. The molecule has 98 valence electrons. The number of rotatable bonds is 3. The number of amides is 1. The highest BCUT2D eigenvalue weighted by molar-refractivity contribution is 6.33. The van der Waals surface area contributed by atoms with Gasteiger partial charge in [0.15, 0.2) is 0 Å². The van der Waals surface area contributed by atoms with E-state index < -0.39 is 5.91 Å². The monoisotopic (exact) mass is 279 g/mol. The number of halogens is 2. The van der Waals surface area contributed by atoms with Crippen LogP contribution in [0, 0.1) is 5.82 Å². The zero-order valence-electron chi connectivity index (χ0n) is 9.86. The summed E-state index contributed by atoms with van der Waals surface area (Å²) >= 11 is 5.86. The van der Waals surface area contributed by atoms with Crippen LogP contribution in [-0.4, -0.2) is 11.0 Å². The second-order valence-electron chi connectivity index (χ2n) is 3.94. The molecule has 2 N–H and O–H groups in total. The molecule has 0 atom stereocenters. The van der Waals surface area contributed by atoms with Gasteiger partial charge >= 0.3 is 0 Å². The first-order valence-corrected chi connectivity index (χ1v) is 5.96. The van der Waals surface area contributed by atoms with Crippen molar-refractivity contribution in [3.63, 3.8) is 0 Å². The summed E-state index contributed by atoms with van der Waals surface area (Å²) in [6, 6.07) is 10.2. The summed E-state index contributed by atoms with van der Waals surface area (Å²) in [5.74, 6) is -0.908. The summed E-state index contributed by atoms with van der Waals surface area (Å²) in [5, 5.41) is 12.1. The molecular weight excluding hydrogens is 269 g/mol. The van der Waals surface area contributed by atoms with Gasteiger partial charge in [-0.3, -0.25) is 4.79 Å². The second-order valence-corrected chi connectivity index (χ2v) is 4.35. The van der Waals surface area contributed by atoms with Crippen LogP contribution in [0.1, 0.15) is 15.9 Å². The number of hydrogen-bond acceptors (Lipinski definition) is 2. The zero-order chi connectivity index (χ0) is 13.8. The predicted octanol–water partition coefficient (Wildman–Crippen LogP) is 3.11. The van der Waals surface area contributed by atoms with Crippen LogP contribution in [0.25, 0.3) is 0 Å². The molecule has 0 radical (unpaired) electrons. The number of nitrogens with one attached hydrogen (secondary N) is 1. The van der Waals surface area contributed by atoms with Gasteiger partial charge in [-0.25, -0.2) is 4.39 Å². The third kappa shape index (κ3) is 3.23. The summed E-state index contributed by atoms with van der Waals surface area (Å²) in [5.41, 5.74) is 0.533. The van der Waals surface area contributed by atoms with E-state index in [9.17, 15) is 14.3 Å². The number of phenolic OH excluding ortho intramolecular Hbond substituents is 1. The molecule has 19 heavy (non-hydrogen) atoms. The van der Waals surface area contributed by atoms with Gasteiger partial charge in [-0.1, -0.05) is 29.8 Å². The van der Waals surface area contributed by atoms with Crippen molar-refractivity contribution in [2.45, 2.75) is 6.54 Å². The van der Waals surface area contributed by atoms with Crippen LogP contribution in [0.5, 0.6) is 5.75 Å². The van der Waals surface area contributed by atoms with Crippen molar-refractivity contribution in [1.29, 1.82) is 0 Å². The molecule has 2 aromatic rings. The number of aromatic hydroxyl groups is 1. The number of carbonyl (C=O) groups is 1. The molecule has 0 heterocycles. The molecule has 2 rings (SSSR count). The second kappa shape index (κ2) is 5.71. The zero-order valence-corrected chi connectivity index (χ0v) is 10.6. The van der Waals surface area contributed by atoms with E-state index in [2.05, 4.69) is 5.32 Å². The third-order valence-electron chi connectivity index (χ3n) is 2.59. The van der Waals surface area contributed by atoms with Gasteiger partial charge in [0, 0.05) is 12.1 Å². The van der Waals surface area contributed by atoms with Crippen LogP contribution in [0.15, 0.2) is 42.5 Å². The van der Waals surface area contributed by atoms with E-state index in [1.165, 1.54) is 24.3 Å². The van der Waals surface area contributed by atoms with Crippen molar-refractivity contribution < 1.29 is 14.3 Å². The number of hydrogen-bond donors (Lipinski definition) is 2. The molecule has 0 aliphatic heterocycles. The fourth-order valence-corrected chi connectivity index (χ4v) is 1.80. The Kier molecular flexibility index (Phi) is 4.02. The van der Waals surface area contributed by atoms with E-state index in [-0.39, 0.29) is 28.7 Å². The predicted molar refractivity (Wildman–Crippen MR) is 70.7 cm³/mol. The van der Waals surface area contributed by atoms with Gasteiger partial charge in [-0.2, -0.15) is 0 Å². The Morgan fingerprint density at radius 1 is 1.26 bits per heavy atom. The van der Waals surface area contributed by atoms with Gasteiger partial charge in [0.2, 0.25) is 0 Å². The Balaban J connectivity index is 2.10. The van der Waals surface area contributed by atoms with Crippen LogP contribution in [-0.2, 0) is 6.54 Å². The van der Waals surface area contributed by atoms with Crippen LogP contribution in [0.2, 0.25) is 5.02 Å². The quantitative estimate of drug-likeness (QED) is 0.907. The highest BCUT2D eigenvalue weighted by Crippen LogP contribution is 2.21. The van der Waals surface area contributed by atoms with Crippen LogP contribution >= 0.6 is 11.6 Å². The minimum Gasteiger partial charge on any atom is -0.508 e. The fourth-order valence-electron chi connectivity index (χ4n) is 1.60. The lowest BCUT2D eigenvalue weighted by Gasteiger charge is -2.08. The standard InChI is InChI=1S/C14H11ClFNO2/c15-12-6-5-10(18)7-11(12)14(19)17-8-9-3-1-2-4-13(9)16/h1-7,18H,8H2,(H,17,19). The molecule has 5 heteroatoms. The van der Waals surface area contributed by atoms with Crippen molar-refractivity contribution >= 4 is 17.5 Å². The Labute approximate surface area is 114 Å². The molecule has 0 saturated carbocycles. The Bertz CT molecular complexity index is 616. The summed E-state index contributed by atoms with van der Waals surface area (Å²) in [4.78, 5) is 11.9. The molecule has 2 aromatic carbocycles. The van der Waals surface area contributed by atoms with Crippen LogP contribution in [0.3, 0.4) is 0 Å². The third-order valence-corrected chi connectivity index (χ3v) is 2.92. The molecule has 0 fully saturated rings. The maximum Gasteiger partial charge on any atom is 0.253 e. The first kappa shape index (κ1) is 13.4. The Morgan fingerprint density at radius 3 is 2.74 bits per heavy atom. The number of benzene rings is 2. The number of phenols is 1. The lowest BCUT2D eigenvalue weighted by atomic mass is 10.1. The van der Waals surface area contributed by atoms with E-state index in [0.717, 1.165) is 0 Å². The van der Waals surface area contributed by atoms with E-state index in [1.807, 2.05) is 0 Å². The average molecular weight is 280 g/mol. The molecule has 0 spiro atoms. The van der Waals surface area contributed by atoms with Gasteiger partial charge in [-0.15, -0.1) is 0 Å². The molecule has 0 aromatic heterocycles. The first-order valence-electron chi connectivity index (χ1n) is 5.58. The maximum absolute atomic E-state index is 13.4. The van der Waals surface area contributed by atoms with Crippen molar-refractivity contribution in [3.05, 3.63) is 64.4 Å². The SMILES string of the molecule is O=C(NCc1ccccc1F)c1cc(O)ccc1Cl. The molecule has 0 unspecified atom stereocenters. The normalized spacial score (nSPS) is 10.2. The molecule has 0 aliphatic carbocycles. The van der Waals surface area contributed by atoms with Crippen molar-refractivity contribution in [3.8, 4) is 5.75 Å². The van der Waals surface area contributed by atoms with Gasteiger partial charge < -0.3 is 10.4 Å². The lowest BCUT2D eigenvalue weighted by Crippen LogP contribution is -2.23. The van der Waals surface area contributed by atoms with Crippen LogP contribution in [0.4, 0.5) is 4.39 Å². The Hall–Kier alpha value is -2.07. The lowest BCUT2D eigenvalue weighted by molar-refractivity contribution is 0.0950. The Morgan fingerprint density at radius 2 is 2.00 bits per heavy atom. The van der Waals surface area contributed by atoms with Crippen LogP contribution < -0.4 is 5.32 Å². The highest BCUT2D eigenvalue weighted by atomic mass is 35.5. The maximum atomic E-state index is 13.4. The molecule has 3 nitrogen and oxygen atoms in total. The minimum absolute atomic E-state index is 0.0531. The molecule has 0 bridgehead atoms. The number of carbonyl (C=O) groups excluding carboxylic acids is 1. The smallest absolute Gasteiger partial charge is 0.253 e. The van der Waals surface area contributed by atoms with Gasteiger partial charge in [0.25, 0.3) is 5.91 Å². The van der Waals surface area contributed by atoms with E-state index in [4.69, 9.17) is 11.6 Å². The van der Waals surface area contributed by atoms with Gasteiger partial charge in [0.05, 0.1) is 10.6 Å². The first-order chi connectivity index (χ1) is 9.08. The molecular formula is C14H11ClFNO2. The van der Waals surface area contributed by atoms with Gasteiger partial charge in [0.1, 0.15) is 11.6 Å². The molecule has 1 amide bonds. The topological polar surface area (TPSA) is 49.3 Å². The summed E-state index contributed by atoms with van der Waals surface area (Å²) in [6.07, 6.45) is 0. The minimum atomic E-state index is -0.468. The highest BCUT2D eigenvalue weighted by Gasteiger charge is 2.11.